The Kier molecular flexibility index (Phi) is 2.42. The minimum Gasteiger partial charge on any atom is -0.369 e. The second kappa shape index (κ2) is 3.34. The van der Waals surface area contributed by atoms with Crippen molar-refractivity contribution in [3.63, 3.8) is 0 Å². The highest BCUT2D eigenvalue weighted by Gasteiger charge is 2.12. The molecule has 0 amide bonds. The molecular weight excluding hydrogens is 156 g/mol. The Morgan fingerprint density at radius 1 is 1.67 bits per heavy atom. The molecule has 5 nitrogen and oxygen atoms in total. The van der Waals surface area contributed by atoms with Gasteiger partial charge in [0, 0.05) is 13.6 Å². The number of rotatable bonds is 3. The molecule has 0 fully saturated rings. The van der Waals surface area contributed by atoms with Crippen LogP contribution in [0.25, 0.3) is 0 Å². The minimum absolute atomic E-state index is 0.402. The van der Waals surface area contributed by atoms with E-state index in [2.05, 4.69) is 15.6 Å². The third-order valence-electron chi connectivity index (χ3n) is 1.63. The SMILES string of the molecule is CCNc1c(N=O)c(C)nn1C. The van der Waals surface area contributed by atoms with Crippen molar-refractivity contribution in [1.29, 1.82) is 0 Å². The number of aryl methyl sites for hydroxylation is 2. The van der Waals surface area contributed by atoms with E-state index in [-0.39, 0.29) is 0 Å². The van der Waals surface area contributed by atoms with E-state index in [1.165, 1.54) is 0 Å². The van der Waals surface area contributed by atoms with Gasteiger partial charge in [-0.1, -0.05) is 0 Å². The van der Waals surface area contributed by atoms with Crippen molar-refractivity contribution < 1.29 is 0 Å². The summed E-state index contributed by atoms with van der Waals surface area (Å²) in [4.78, 5) is 10.4. The van der Waals surface area contributed by atoms with Crippen LogP contribution in [-0.2, 0) is 7.05 Å². The Balaban J connectivity index is 3.13. The fourth-order valence-corrected chi connectivity index (χ4v) is 1.12. The fourth-order valence-electron chi connectivity index (χ4n) is 1.12. The molecule has 0 saturated heterocycles. The number of hydrogen-bond acceptors (Lipinski definition) is 4. The van der Waals surface area contributed by atoms with Crippen molar-refractivity contribution in [3.8, 4) is 0 Å². The average Bonchev–Trinajstić information content (AvgIpc) is 2.28. The molecule has 0 spiro atoms. The number of anilines is 1. The number of nitrogens with one attached hydrogen (secondary N) is 1. The van der Waals surface area contributed by atoms with E-state index in [0.29, 0.717) is 17.2 Å². The molecule has 0 aliphatic carbocycles. The largest absolute Gasteiger partial charge is 0.369 e. The zero-order valence-electron chi connectivity index (χ0n) is 7.46. The van der Waals surface area contributed by atoms with E-state index < -0.39 is 0 Å². The van der Waals surface area contributed by atoms with Gasteiger partial charge in [0.05, 0.1) is 5.69 Å². The molecular formula is C7H12N4O. The molecule has 5 heteroatoms. The highest BCUT2D eigenvalue weighted by Crippen LogP contribution is 2.27. The Bertz CT molecular complexity index is 292. The molecule has 1 N–H and O–H groups in total. The van der Waals surface area contributed by atoms with Crippen LogP contribution < -0.4 is 5.32 Å². The standard InChI is InChI=1S/C7H12N4O/c1-4-8-7-6(10-12)5(2)9-11(7)3/h8H,4H2,1-3H3. The normalized spacial score (nSPS) is 9.92. The molecule has 1 rings (SSSR count). The number of nitroso groups, excluding NO2 is 1. The zero-order chi connectivity index (χ0) is 9.14. The maximum absolute atomic E-state index is 10.4. The first-order chi connectivity index (χ1) is 5.70. The van der Waals surface area contributed by atoms with Crippen LogP contribution in [0.2, 0.25) is 0 Å². The molecule has 0 aliphatic rings. The van der Waals surface area contributed by atoms with Gasteiger partial charge >= 0.3 is 0 Å². The van der Waals surface area contributed by atoms with E-state index in [1.54, 1.807) is 18.7 Å². The minimum atomic E-state index is 0.402. The monoisotopic (exact) mass is 168 g/mol. The lowest BCUT2D eigenvalue weighted by Gasteiger charge is -2.01. The molecule has 0 saturated carbocycles. The second-order valence-corrected chi connectivity index (χ2v) is 2.53. The summed E-state index contributed by atoms with van der Waals surface area (Å²) >= 11 is 0. The van der Waals surface area contributed by atoms with Crippen molar-refractivity contribution in [1.82, 2.24) is 9.78 Å². The Hall–Kier alpha value is -1.39. The fraction of sp³-hybridized carbons (Fsp3) is 0.571. The molecule has 0 unspecified atom stereocenters. The van der Waals surface area contributed by atoms with Crippen molar-refractivity contribution in [3.05, 3.63) is 10.6 Å². The van der Waals surface area contributed by atoms with E-state index in [9.17, 15) is 4.91 Å². The van der Waals surface area contributed by atoms with E-state index in [0.717, 1.165) is 6.54 Å². The van der Waals surface area contributed by atoms with Crippen LogP contribution in [0.15, 0.2) is 5.18 Å². The van der Waals surface area contributed by atoms with Crippen LogP contribution in [0.4, 0.5) is 11.5 Å². The van der Waals surface area contributed by atoms with Crippen LogP contribution in [0.3, 0.4) is 0 Å². The quantitative estimate of drug-likeness (QED) is 0.696. The topological polar surface area (TPSA) is 59.3 Å². The predicted octanol–water partition coefficient (Wildman–Crippen LogP) is 1.56. The summed E-state index contributed by atoms with van der Waals surface area (Å²) in [5.74, 6) is 0.685. The Labute approximate surface area is 70.7 Å². The van der Waals surface area contributed by atoms with Crippen LogP contribution in [-0.4, -0.2) is 16.3 Å². The highest BCUT2D eigenvalue weighted by molar-refractivity contribution is 5.63. The molecule has 0 atom stereocenters. The lowest BCUT2D eigenvalue weighted by atomic mass is 10.4. The van der Waals surface area contributed by atoms with Gasteiger partial charge in [0.25, 0.3) is 0 Å². The summed E-state index contributed by atoms with van der Waals surface area (Å²) in [5.41, 5.74) is 1.06. The maximum atomic E-state index is 10.4. The number of hydrogen-bond donors (Lipinski definition) is 1. The smallest absolute Gasteiger partial charge is 0.172 e. The first-order valence-corrected chi connectivity index (χ1v) is 3.81. The van der Waals surface area contributed by atoms with Crippen LogP contribution in [0.5, 0.6) is 0 Å². The number of aromatic nitrogens is 2. The van der Waals surface area contributed by atoms with Gasteiger partial charge in [0.15, 0.2) is 11.5 Å². The van der Waals surface area contributed by atoms with Gasteiger partial charge in [-0.2, -0.15) is 5.10 Å². The molecule has 0 aromatic carbocycles. The first-order valence-electron chi connectivity index (χ1n) is 3.81. The number of nitrogens with zero attached hydrogens (tertiary/aromatic N) is 3. The molecule has 0 bridgehead atoms. The van der Waals surface area contributed by atoms with Gasteiger partial charge < -0.3 is 5.32 Å². The summed E-state index contributed by atoms with van der Waals surface area (Å²) in [6, 6.07) is 0. The van der Waals surface area contributed by atoms with Gasteiger partial charge in [0.2, 0.25) is 0 Å². The predicted molar refractivity (Wildman–Crippen MR) is 47.6 cm³/mol. The Morgan fingerprint density at radius 3 is 2.83 bits per heavy atom. The summed E-state index contributed by atoms with van der Waals surface area (Å²) < 4.78 is 1.62. The van der Waals surface area contributed by atoms with E-state index in [4.69, 9.17) is 0 Å². The van der Waals surface area contributed by atoms with Crippen LogP contribution in [0.1, 0.15) is 12.6 Å². The molecule has 1 heterocycles. The van der Waals surface area contributed by atoms with Crippen molar-refractivity contribution in [2.75, 3.05) is 11.9 Å². The lowest BCUT2D eigenvalue weighted by Crippen LogP contribution is -2.03. The van der Waals surface area contributed by atoms with Crippen molar-refractivity contribution in [2.24, 2.45) is 12.2 Å². The lowest BCUT2D eigenvalue weighted by molar-refractivity contribution is 0.760. The molecule has 0 aliphatic heterocycles. The summed E-state index contributed by atoms with van der Waals surface area (Å²) in [6.07, 6.45) is 0. The summed E-state index contributed by atoms with van der Waals surface area (Å²) in [5, 5.41) is 10.00. The van der Waals surface area contributed by atoms with E-state index >= 15 is 0 Å². The maximum Gasteiger partial charge on any atom is 0.172 e. The van der Waals surface area contributed by atoms with Gasteiger partial charge in [-0.25, -0.2) is 0 Å². The molecule has 66 valence electrons. The van der Waals surface area contributed by atoms with E-state index in [1.807, 2.05) is 6.92 Å². The molecule has 12 heavy (non-hydrogen) atoms. The van der Waals surface area contributed by atoms with Crippen molar-refractivity contribution >= 4 is 11.5 Å². The Morgan fingerprint density at radius 2 is 2.33 bits per heavy atom. The molecule has 1 aromatic heterocycles. The zero-order valence-corrected chi connectivity index (χ0v) is 7.46. The molecule has 1 aromatic rings. The van der Waals surface area contributed by atoms with Gasteiger partial charge in [-0.05, 0) is 19.0 Å². The summed E-state index contributed by atoms with van der Waals surface area (Å²) in [6.45, 7) is 4.47. The summed E-state index contributed by atoms with van der Waals surface area (Å²) in [7, 11) is 1.78. The van der Waals surface area contributed by atoms with Crippen LogP contribution in [0, 0.1) is 11.8 Å². The van der Waals surface area contributed by atoms with Crippen LogP contribution >= 0.6 is 0 Å². The van der Waals surface area contributed by atoms with Crippen molar-refractivity contribution in [2.45, 2.75) is 13.8 Å². The van der Waals surface area contributed by atoms with Gasteiger partial charge in [-0.3, -0.25) is 4.68 Å². The first kappa shape index (κ1) is 8.70. The van der Waals surface area contributed by atoms with Gasteiger partial charge in [0.1, 0.15) is 0 Å². The highest BCUT2D eigenvalue weighted by atomic mass is 16.3. The molecule has 0 radical (unpaired) electrons. The second-order valence-electron chi connectivity index (χ2n) is 2.53. The van der Waals surface area contributed by atoms with Gasteiger partial charge in [-0.15, -0.1) is 4.91 Å². The third kappa shape index (κ3) is 1.30. The third-order valence-corrected chi connectivity index (χ3v) is 1.63. The average molecular weight is 168 g/mol.